The average Bonchev–Trinajstić information content (AvgIpc) is 2.11. The Balaban J connectivity index is 4.54. The molecule has 5 nitrogen and oxygen atoms in total. The minimum absolute atomic E-state index is 0.343. The summed E-state index contributed by atoms with van der Waals surface area (Å²) in [4.78, 5) is 24.2. The van der Waals surface area contributed by atoms with E-state index in [-0.39, 0.29) is 6.03 Å². The molecule has 0 aliphatic carbocycles. The van der Waals surface area contributed by atoms with Crippen LogP contribution in [0.4, 0.5) is 4.79 Å². The van der Waals surface area contributed by atoms with Crippen molar-refractivity contribution in [2.24, 2.45) is 5.41 Å². The normalized spacial score (nSPS) is 13.1. The Morgan fingerprint density at radius 1 is 1.38 bits per heavy atom. The van der Waals surface area contributed by atoms with E-state index in [1.807, 2.05) is 6.92 Å². The van der Waals surface area contributed by atoms with Gasteiger partial charge >= 0.3 is 12.0 Å². The third-order valence-corrected chi connectivity index (χ3v) is 2.29. The first kappa shape index (κ1) is 14.7. The standard InChI is InChI=1S/C11H22N2O3/c1-6-7-13(5)10(16)12-8(9(14)15)11(2,3)4/h8H,6-7H2,1-5H3,(H,12,16)(H,14,15)/t8-/m0/s1. The highest BCUT2D eigenvalue weighted by Crippen LogP contribution is 2.19. The molecule has 16 heavy (non-hydrogen) atoms. The number of urea groups is 1. The van der Waals surface area contributed by atoms with Gasteiger partial charge in [-0.05, 0) is 11.8 Å². The van der Waals surface area contributed by atoms with Crippen molar-refractivity contribution < 1.29 is 14.7 Å². The number of nitrogens with one attached hydrogen (secondary N) is 1. The molecular weight excluding hydrogens is 208 g/mol. The van der Waals surface area contributed by atoms with Crippen molar-refractivity contribution in [1.82, 2.24) is 10.2 Å². The van der Waals surface area contributed by atoms with E-state index >= 15 is 0 Å². The monoisotopic (exact) mass is 230 g/mol. The molecule has 0 saturated heterocycles. The van der Waals surface area contributed by atoms with Crippen molar-refractivity contribution in [3.63, 3.8) is 0 Å². The fourth-order valence-electron chi connectivity index (χ4n) is 1.32. The maximum Gasteiger partial charge on any atom is 0.326 e. The lowest BCUT2D eigenvalue weighted by Crippen LogP contribution is -2.52. The van der Waals surface area contributed by atoms with E-state index in [4.69, 9.17) is 5.11 Å². The minimum atomic E-state index is -1.01. The van der Waals surface area contributed by atoms with Gasteiger partial charge in [-0.1, -0.05) is 27.7 Å². The Hall–Kier alpha value is -1.26. The summed E-state index contributed by atoms with van der Waals surface area (Å²) in [6.45, 7) is 7.92. The van der Waals surface area contributed by atoms with Crippen molar-refractivity contribution in [2.45, 2.75) is 40.2 Å². The van der Waals surface area contributed by atoms with E-state index in [1.165, 1.54) is 4.90 Å². The molecule has 94 valence electrons. The molecule has 0 fully saturated rings. The summed E-state index contributed by atoms with van der Waals surface area (Å²) in [7, 11) is 1.65. The zero-order valence-electron chi connectivity index (χ0n) is 10.7. The number of aliphatic carboxylic acids is 1. The van der Waals surface area contributed by atoms with Crippen LogP contribution in [0.15, 0.2) is 0 Å². The number of carboxylic acids is 1. The van der Waals surface area contributed by atoms with Gasteiger partial charge in [-0.15, -0.1) is 0 Å². The molecule has 2 amide bonds. The number of rotatable bonds is 4. The molecule has 0 radical (unpaired) electrons. The van der Waals surface area contributed by atoms with Crippen LogP contribution in [-0.2, 0) is 4.79 Å². The second kappa shape index (κ2) is 5.72. The molecule has 2 N–H and O–H groups in total. The van der Waals surface area contributed by atoms with Gasteiger partial charge in [-0.2, -0.15) is 0 Å². The van der Waals surface area contributed by atoms with Crippen molar-refractivity contribution in [3.05, 3.63) is 0 Å². The summed E-state index contributed by atoms with van der Waals surface area (Å²) < 4.78 is 0. The van der Waals surface area contributed by atoms with Crippen molar-refractivity contribution in [3.8, 4) is 0 Å². The fourth-order valence-corrected chi connectivity index (χ4v) is 1.32. The van der Waals surface area contributed by atoms with Crippen LogP contribution in [0.1, 0.15) is 34.1 Å². The number of carbonyl (C=O) groups excluding carboxylic acids is 1. The van der Waals surface area contributed by atoms with E-state index in [2.05, 4.69) is 5.32 Å². The smallest absolute Gasteiger partial charge is 0.326 e. The van der Waals surface area contributed by atoms with Gasteiger partial charge in [0, 0.05) is 13.6 Å². The van der Waals surface area contributed by atoms with Crippen LogP contribution in [-0.4, -0.2) is 41.6 Å². The van der Waals surface area contributed by atoms with Crippen LogP contribution >= 0.6 is 0 Å². The van der Waals surface area contributed by atoms with Gasteiger partial charge in [0.2, 0.25) is 0 Å². The topological polar surface area (TPSA) is 69.6 Å². The molecule has 0 spiro atoms. The summed E-state index contributed by atoms with van der Waals surface area (Å²) in [5.41, 5.74) is -0.505. The first-order valence-electron chi connectivity index (χ1n) is 5.44. The van der Waals surface area contributed by atoms with Gasteiger partial charge in [0.1, 0.15) is 6.04 Å². The number of carbonyl (C=O) groups is 2. The van der Waals surface area contributed by atoms with Crippen molar-refractivity contribution >= 4 is 12.0 Å². The quantitative estimate of drug-likeness (QED) is 0.769. The highest BCUT2D eigenvalue weighted by molar-refractivity contribution is 5.83. The first-order valence-corrected chi connectivity index (χ1v) is 5.44. The lowest BCUT2D eigenvalue weighted by Gasteiger charge is -2.29. The van der Waals surface area contributed by atoms with Crippen molar-refractivity contribution in [2.75, 3.05) is 13.6 Å². The van der Waals surface area contributed by atoms with Gasteiger partial charge in [-0.25, -0.2) is 9.59 Å². The Morgan fingerprint density at radius 2 is 1.88 bits per heavy atom. The van der Waals surface area contributed by atoms with Crippen LogP contribution in [0.25, 0.3) is 0 Å². The van der Waals surface area contributed by atoms with E-state index < -0.39 is 17.4 Å². The molecule has 0 aromatic carbocycles. The fraction of sp³-hybridized carbons (Fsp3) is 0.818. The lowest BCUT2D eigenvalue weighted by atomic mass is 9.87. The molecule has 5 heteroatoms. The molecule has 0 aliphatic heterocycles. The predicted octanol–water partition coefficient (Wildman–Crippen LogP) is 1.54. The van der Waals surface area contributed by atoms with Gasteiger partial charge in [0.25, 0.3) is 0 Å². The van der Waals surface area contributed by atoms with Crippen LogP contribution in [0.2, 0.25) is 0 Å². The van der Waals surface area contributed by atoms with Gasteiger partial charge in [0.15, 0.2) is 0 Å². The minimum Gasteiger partial charge on any atom is -0.480 e. The lowest BCUT2D eigenvalue weighted by molar-refractivity contribution is -0.142. The number of hydrogen-bond acceptors (Lipinski definition) is 2. The Kier molecular flexibility index (Phi) is 5.27. The molecular formula is C11H22N2O3. The summed E-state index contributed by atoms with van der Waals surface area (Å²) in [6.07, 6.45) is 0.844. The molecule has 0 rings (SSSR count). The van der Waals surface area contributed by atoms with Gasteiger partial charge < -0.3 is 15.3 Å². The summed E-state index contributed by atoms with van der Waals surface area (Å²) in [5.74, 6) is -1.01. The average molecular weight is 230 g/mol. The van der Waals surface area contributed by atoms with Gasteiger partial charge in [0.05, 0.1) is 0 Å². The van der Waals surface area contributed by atoms with Crippen LogP contribution in [0.5, 0.6) is 0 Å². The van der Waals surface area contributed by atoms with E-state index in [1.54, 1.807) is 27.8 Å². The predicted molar refractivity (Wildman–Crippen MR) is 62.3 cm³/mol. The van der Waals surface area contributed by atoms with E-state index in [0.717, 1.165) is 6.42 Å². The Bertz CT molecular complexity index is 258. The number of nitrogens with zero attached hydrogens (tertiary/aromatic N) is 1. The first-order chi connectivity index (χ1) is 7.20. The third kappa shape index (κ3) is 4.51. The zero-order valence-corrected chi connectivity index (χ0v) is 10.7. The SMILES string of the molecule is CCCN(C)C(=O)N[C@@H](C(=O)O)C(C)(C)C. The molecule has 0 bridgehead atoms. The molecule has 0 aromatic heterocycles. The Labute approximate surface area is 96.8 Å². The Morgan fingerprint density at radius 3 is 2.19 bits per heavy atom. The summed E-state index contributed by atoms with van der Waals surface area (Å²) in [5, 5.41) is 11.6. The van der Waals surface area contributed by atoms with E-state index in [9.17, 15) is 9.59 Å². The van der Waals surface area contributed by atoms with Gasteiger partial charge in [-0.3, -0.25) is 0 Å². The van der Waals surface area contributed by atoms with Crippen LogP contribution in [0.3, 0.4) is 0 Å². The highest BCUT2D eigenvalue weighted by Gasteiger charge is 2.33. The molecule has 0 heterocycles. The molecule has 0 unspecified atom stereocenters. The summed E-state index contributed by atoms with van der Waals surface area (Å²) >= 11 is 0. The molecule has 0 saturated carbocycles. The second-order valence-corrected chi connectivity index (χ2v) is 5.01. The third-order valence-electron chi connectivity index (χ3n) is 2.29. The largest absolute Gasteiger partial charge is 0.480 e. The molecule has 1 atom stereocenters. The number of amides is 2. The highest BCUT2D eigenvalue weighted by atomic mass is 16.4. The number of hydrogen-bond donors (Lipinski definition) is 2. The second-order valence-electron chi connectivity index (χ2n) is 5.01. The van der Waals surface area contributed by atoms with Crippen LogP contribution in [0, 0.1) is 5.41 Å². The maximum atomic E-state index is 11.6. The summed E-state index contributed by atoms with van der Waals surface area (Å²) in [6, 6.07) is -1.22. The van der Waals surface area contributed by atoms with E-state index in [0.29, 0.717) is 6.54 Å². The number of carboxylic acid groups (broad SMARTS) is 1. The van der Waals surface area contributed by atoms with Crippen LogP contribution < -0.4 is 5.32 Å². The zero-order chi connectivity index (χ0) is 12.9. The van der Waals surface area contributed by atoms with Crippen molar-refractivity contribution in [1.29, 1.82) is 0 Å². The molecule has 0 aromatic rings. The molecule has 0 aliphatic rings. The maximum absolute atomic E-state index is 11.6.